The van der Waals surface area contributed by atoms with E-state index in [-0.39, 0.29) is 18.6 Å². The van der Waals surface area contributed by atoms with E-state index in [1.54, 1.807) is 11.0 Å². The number of amides is 1. The van der Waals surface area contributed by atoms with Crippen LogP contribution in [0.25, 0.3) is 0 Å². The van der Waals surface area contributed by atoms with E-state index < -0.39 is 0 Å². The van der Waals surface area contributed by atoms with Crippen molar-refractivity contribution in [2.45, 2.75) is 25.9 Å². The van der Waals surface area contributed by atoms with Crippen LogP contribution < -0.4 is 5.32 Å². The number of hydrogen-bond acceptors (Lipinski definition) is 4. The molecule has 0 aliphatic carbocycles. The minimum atomic E-state index is -0.107. The number of ether oxygens (including phenoxy) is 1. The van der Waals surface area contributed by atoms with Crippen molar-refractivity contribution in [1.82, 2.24) is 20.1 Å². The third-order valence-electron chi connectivity index (χ3n) is 3.09. The highest BCUT2D eigenvalue weighted by atomic mass is 16.5. The number of nitrogens with one attached hydrogen (secondary N) is 1. The third kappa shape index (κ3) is 5.00. The van der Waals surface area contributed by atoms with Crippen LogP contribution in [0.4, 0.5) is 0 Å². The second-order valence-electron chi connectivity index (χ2n) is 4.62. The Labute approximate surface area is 124 Å². The lowest BCUT2D eigenvalue weighted by Crippen LogP contribution is -2.32. The first-order chi connectivity index (χ1) is 10.3. The van der Waals surface area contributed by atoms with E-state index >= 15 is 0 Å². The van der Waals surface area contributed by atoms with Gasteiger partial charge in [-0.25, -0.2) is 4.98 Å². The average molecular weight is 288 g/mol. The predicted octanol–water partition coefficient (Wildman–Crippen LogP) is 1.56. The topological polar surface area (TPSA) is 69.0 Å². The summed E-state index contributed by atoms with van der Waals surface area (Å²) in [6.45, 7) is 3.17. The fourth-order valence-electron chi connectivity index (χ4n) is 2.05. The van der Waals surface area contributed by atoms with Crippen LogP contribution in [-0.2, 0) is 16.1 Å². The molecule has 1 heterocycles. The Morgan fingerprint density at radius 3 is 2.86 bits per heavy atom. The van der Waals surface area contributed by atoms with E-state index in [1.165, 1.54) is 6.33 Å². The maximum absolute atomic E-state index is 11.9. The standard InChI is InChI=1S/C15H20N4O2/c1-2-21-10-15(20)18-14(13-6-4-3-5-7-13)8-9-19-12-16-11-17-19/h3-7,11-12,14H,2,8-10H2,1H3,(H,18,20). The van der Waals surface area contributed by atoms with Crippen molar-refractivity contribution >= 4 is 5.91 Å². The average Bonchev–Trinajstić information content (AvgIpc) is 3.03. The molecular weight excluding hydrogens is 268 g/mol. The van der Waals surface area contributed by atoms with Crippen LogP contribution in [0.3, 0.4) is 0 Å². The maximum Gasteiger partial charge on any atom is 0.246 e. The first-order valence-electron chi connectivity index (χ1n) is 7.04. The van der Waals surface area contributed by atoms with E-state index in [1.807, 2.05) is 37.3 Å². The molecule has 1 atom stereocenters. The molecular formula is C15H20N4O2. The summed E-state index contributed by atoms with van der Waals surface area (Å²) in [6, 6.07) is 9.84. The van der Waals surface area contributed by atoms with Gasteiger partial charge in [-0.3, -0.25) is 9.48 Å². The molecule has 0 spiro atoms. The van der Waals surface area contributed by atoms with Crippen molar-refractivity contribution in [1.29, 1.82) is 0 Å². The van der Waals surface area contributed by atoms with Gasteiger partial charge in [-0.05, 0) is 18.9 Å². The molecule has 2 rings (SSSR count). The molecule has 6 nitrogen and oxygen atoms in total. The minimum Gasteiger partial charge on any atom is -0.372 e. The van der Waals surface area contributed by atoms with Gasteiger partial charge in [0.05, 0.1) is 6.04 Å². The molecule has 0 bridgehead atoms. The van der Waals surface area contributed by atoms with Crippen LogP contribution in [0.1, 0.15) is 24.9 Å². The zero-order valence-corrected chi connectivity index (χ0v) is 12.1. The molecule has 1 amide bonds. The monoisotopic (exact) mass is 288 g/mol. The molecule has 2 aromatic rings. The predicted molar refractivity (Wildman–Crippen MR) is 78.5 cm³/mol. The number of aromatic nitrogens is 3. The number of carbonyl (C=O) groups excluding carboxylic acids is 1. The van der Waals surface area contributed by atoms with Gasteiger partial charge in [0.25, 0.3) is 0 Å². The lowest BCUT2D eigenvalue weighted by atomic mass is 10.0. The normalized spacial score (nSPS) is 12.0. The zero-order chi connectivity index (χ0) is 14.9. The van der Waals surface area contributed by atoms with E-state index in [2.05, 4.69) is 15.4 Å². The summed E-state index contributed by atoms with van der Waals surface area (Å²) < 4.78 is 6.90. The number of hydrogen-bond donors (Lipinski definition) is 1. The molecule has 112 valence electrons. The number of nitrogens with zero attached hydrogens (tertiary/aromatic N) is 3. The number of aryl methyl sites for hydroxylation is 1. The van der Waals surface area contributed by atoms with Gasteiger partial charge in [0, 0.05) is 13.2 Å². The maximum atomic E-state index is 11.9. The van der Waals surface area contributed by atoms with E-state index in [0.717, 1.165) is 12.0 Å². The van der Waals surface area contributed by atoms with Crippen LogP contribution >= 0.6 is 0 Å². The van der Waals surface area contributed by atoms with Gasteiger partial charge in [-0.2, -0.15) is 5.10 Å². The molecule has 6 heteroatoms. The molecule has 0 aliphatic rings. The van der Waals surface area contributed by atoms with E-state index in [4.69, 9.17) is 4.74 Å². The second kappa shape index (κ2) is 8.16. The van der Waals surface area contributed by atoms with Crippen LogP contribution in [0, 0.1) is 0 Å². The Balaban J connectivity index is 1.98. The summed E-state index contributed by atoms with van der Waals surface area (Å²) in [5, 5.41) is 7.08. The summed E-state index contributed by atoms with van der Waals surface area (Å²) in [4.78, 5) is 15.8. The second-order valence-corrected chi connectivity index (χ2v) is 4.62. The molecule has 1 aromatic carbocycles. The van der Waals surface area contributed by atoms with Crippen LogP contribution in [0.2, 0.25) is 0 Å². The largest absolute Gasteiger partial charge is 0.372 e. The number of rotatable bonds is 8. The first kappa shape index (κ1) is 15.2. The Hall–Kier alpha value is -2.21. The first-order valence-corrected chi connectivity index (χ1v) is 7.04. The SMILES string of the molecule is CCOCC(=O)NC(CCn1cncn1)c1ccccc1. The van der Waals surface area contributed by atoms with Gasteiger partial charge in [-0.1, -0.05) is 30.3 Å². The van der Waals surface area contributed by atoms with Gasteiger partial charge >= 0.3 is 0 Å². The molecule has 0 radical (unpaired) electrons. The highest BCUT2D eigenvalue weighted by Crippen LogP contribution is 2.17. The molecule has 0 aliphatic heterocycles. The summed E-state index contributed by atoms with van der Waals surface area (Å²) in [5.41, 5.74) is 1.07. The lowest BCUT2D eigenvalue weighted by molar-refractivity contribution is -0.126. The Kier molecular flexibility index (Phi) is 5.90. The van der Waals surface area contributed by atoms with Gasteiger partial charge < -0.3 is 10.1 Å². The van der Waals surface area contributed by atoms with Crippen molar-refractivity contribution in [3.8, 4) is 0 Å². The highest BCUT2D eigenvalue weighted by Gasteiger charge is 2.14. The van der Waals surface area contributed by atoms with Gasteiger partial charge in [0.1, 0.15) is 19.3 Å². The minimum absolute atomic E-state index is 0.0663. The highest BCUT2D eigenvalue weighted by molar-refractivity contribution is 5.77. The van der Waals surface area contributed by atoms with Crippen molar-refractivity contribution in [3.05, 3.63) is 48.5 Å². The van der Waals surface area contributed by atoms with E-state index in [0.29, 0.717) is 13.2 Å². The number of carbonyl (C=O) groups is 1. The Morgan fingerprint density at radius 2 is 2.19 bits per heavy atom. The molecule has 0 saturated heterocycles. The quantitative estimate of drug-likeness (QED) is 0.800. The van der Waals surface area contributed by atoms with Crippen LogP contribution in [0.15, 0.2) is 43.0 Å². The third-order valence-corrected chi connectivity index (χ3v) is 3.09. The summed E-state index contributed by atoms with van der Waals surface area (Å²) >= 11 is 0. The van der Waals surface area contributed by atoms with Crippen molar-refractivity contribution in [2.75, 3.05) is 13.2 Å². The molecule has 1 unspecified atom stereocenters. The molecule has 1 N–H and O–H groups in total. The molecule has 1 aromatic heterocycles. The van der Waals surface area contributed by atoms with Crippen molar-refractivity contribution in [2.24, 2.45) is 0 Å². The van der Waals surface area contributed by atoms with E-state index in [9.17, 15) is 4.79 Å². The van der Waals surface area contributed by atoms with Crippen LogP contribution in [-0.4, -0.2) is 33.9 Å². The molecule has 0 saturated carbocycles. The van der Waals surface area contributed by atoms with Crippen LogP contribution in [0.5, 0.6) is 0 Å². The summed E-state index contributed by atoms with van der Waals surface area (Å²) in [7, 11) is 0. The van der Waals surface area contributed by atoms with Crippen molar-refractivity contribution < 1.29 is 9.53 Å². The van der Waals surface area contributed by atoms with Gasteiger partial charge in [-0.15, -0.1) is 0 Å². The van der Waals surface area contributed by atoms with Crippen molar-refractivity contribution in [3.63, 3.8) is 0 Å². The molecule has 0 fully saturated rings. The smallest absolute Gasteiger partial charge is 0.246 e. The zero-order valence-electron chi connectivity index (χ0n) is 12.1. The summed E-state index contributed by atoms with van der Waals surface area (Å²) in [5.74, 6) is -0.107. The fourth-order valence-corrected chi connectivity index (χ4v) is 2.05. The lowest BCUT2D eigenvalue weighted by Gasteiger charge is -2.19. The fraction of sp³-hybridized carbons (Fsp3) is 0.400. The summed E-state index contributed by atoms with van der Waals surface area (Å²) in [6.07, 6.45) is 3.92. The number of benzene rings is 1. The molecule has 21 heavy (non-hydrogen) atoms. The van der Waals surface area contributed by atoms with Gasteiger partial charge in [0.2, 0.25) is 5.91 Å². The Bertz CT molecular complexity index is 528. The van der Waals surface area contributed by atoms with Gasteiger partial charge in [0.15, 0.2) is 0 Å². The Morgan fingerprint density at radius 1 is 1.38 bits per heavy atom.